The van der Waals surface area contributed by atoms with Gasteiger partial charge in [-0.05, 0) is 61.1 Å². The van der Waals surface area contributed by atoms with E-state index in [1.54, 1.807) is 29.5 Å². The molecule has 1 saturated carbocycles. The number of hydrogen-bond donors (Lipinski definition) is 3. The Morgan fingerprint density at radius 1 is 1.40 bits per heavy atom. The number of anilines is 1. The summed E-state index contributed by atoms with van der Waals surface area (Å²) < 4.78 is 5.45. The second-order valence-corrected chi connectivity index (χ2v) is 7.02. The molecule has 0 bridgehead atoms. The number of hydrogen-bond acceptors (Lipinski definition) is 5. The molecule has 1 aliphatic carbocycles. The van der Waals surface area contributed by atoms with Crippen molar-refractivity contribution in [1.82, 2.24) is 5.32 Å². The molecule has 0 radical (unpaired) electrons. The van der Waals surface area contributed by atoms with Crippen molar-refractivity contribution in [2.45, 2.75) is 25.8 Å². The topological polar surface area (TPSA) is 88.2 Å². The molecule has 1 aromatic heterocycles. The Morgan fingerprint density at radius 2 is 2.16 bits per heavy atom. The summed E-state index contributed by atoms with van der Waals surface area (Å²) >= 11 is 1.61. The molecule has 0 unspecified atom stereocenters. The van der Waals surface area contributed by atoms with Crippen molar-refractivity contribution in [3.05, 3.63) is 51.2 Å². The minimum Gasteiger partial charge on any atom is -0.495 e. The highest BCUT2D eigenvalue weighted by atomic mass is 32.1. The number of methoxy groups -OCH3 is 1. The summed E-state index contributed by atoms with van der Waals surface area (Å²) in [4.78, 5) is 13.5. The number of ether oxygens (including phenoxy) is 1. The first-order valence-corrected chi connectivity index (χ1v) is 8.97. The van der Waals surface area contributed by atoms with E-state index in [1.165, 1.54) is 7.11 Å². The minimum absolute atomic E-state index is 0.188. The van der Waals surface area contributed by atoms with Crippen LogP contribution in [0.25, 0.3) is 6.08 Å². The van der Waals surface area contributed by atoms with E-state index in [0.717, 1.165) is 23.3 Å². The molecule has 2 aromatic rings. The van der Waals surface area contributed by atoms with Crippen molar-refractivity contribution >= 4 is 34.7 Å². The standard InChI is InChI=1S/C19H21N3O2S/c1-11-9-10-25-16(11)8-7-15(21)17-14(20)6-5-13(18(17)24-2)19(23)22-12-3-4-12/h5-10,12,21H,3-4,20H2,1-2H3,(H,22,23)/b8-7+,21-15?. The van der Waals surface area contributed by atoms with Crippen molar-refractivity contribution in [1.29, 1.82) is 5.41 Å². The first-order chi connectivity index (χ1) is 12.0. The van der Waals surface area contributed by atoms with Gasteiger partial charge >= 0.3 is 0 Å². The molecule has 1 fully saturated rings. The number of rotatable bonds is 6. The molecule has 1 aliphatic rings. The van der Waals surface area contributed by atoms with E-state index in [2.05, 4.69) is 5.32 Å². The highest BCUT2D eigenvalue weighted by Gasteiger charge is 2.26. The first kappa shape index (κ1) is 17.2. The van der Waals surface area contributed by atoms with E-state index in [9.17, 15) is 4.79 Å². The van der Waals surface area contributed by atoms with Gasteiger partial charge in [-0.2, -0.15) is 0 Å². The molecule has 0 spiro atoms. The molecule has 1 amide bonds. The van der Waals surface area contributed by atoms with Crippen LogP contribution in [0.5, 0.6) is 5.75 Å². The zero-order valence-electron chi connectivity index (χ0n) is 14.3. The SMILES string of the molecule is COc1c(C(=O)NC2CC2)ccc(N)c1C(=N)/C=C/c1sccc1C. The molecule has 1 heterocycles. The van der Waals surface area contributed by atoms with Crippen molar-refractivity contribution in [3.8, 4) is 5.75 Å². The van der Waals surface area contributed by atoms with Crippen molar-refractivity contribution in [3.63, 3.8) is 0 Å². The summed E-state index contributed by atoms with van der Waals surface area (Å²) in [7, 11) is 1.49. The number of nitrogen functional groups attached to an aromatic ring is 1. The largest absolute Gasteiger partial charge is 0.495 e. The maximum atomic E-state index is 12.4. The molecule has 5 nitrogen and oxygen atoms in total. The zero-order chi connectivity index (χ0) is 18.0. The molecule has 6 heteroatoms. The number of benzene rings is 1. The average molecular weight is 355 g/mol. The van der Waals surface area contributed by atoms with Crippen LogP contribution >= 0.6 is 11.3 Å². The predicted molar refractivity (Wildman–Crippen MR) is 103 cm³/mol. The van der Waals surface area contributed by atoms with Crippen molar-refractivity contribution in [2.24, 2.45) is 0 Å². The Kier molecular flexibility index (Phi) is 4.90. The van der Waals surface area contributed by atoms with Gasteiger partial charge in [-0.15, -0.1) is 11.3 Å². The Labute approximate surface area is 151 Å². The van der Waals surface area contributed by atoms with Crippen LogP contribution in [0.3, 0.4) is 0 Å². The van der Waals surface area contributed by atoms with E-state index < -0.39 is 0 Å². The summed E-state index contributed by atoms with van der Waals surface area (Å²) in [5, 5.41) is 13.4. The van der Waals surface area contributed by atoms with E-state index in [-0.39, 0.29) is 17.7 Å². The van der Waals surface area contributed by atoms with E-state index >= 15 is 0 Å². The molecular weight excluding hydrogens is 334 g/mol. The van der Waals surface area contributed by atoms with E-state index in [1.807, 2.05) is 24.4 Å². The van der Waals surface area contributed by atoms with Gasteiger partial charge in [0.2, 0.25) is 0 Å². The highest BCUT2D eigenvalue weighted by molar-refractivity contribution is 7.11. The fraction of sp³-hybridized carbons (Fsp3) is 0.263. The molecule has 0 atom stereocenters. The lowest BCUT2D eigenvalue weighted by Crippen LogP contribution is -2.26. The number of allylic oxidation sites excluding steroid dienone is 1. The van der Waals surface area contributed by atoms with Crippen molar-refractivity contribution < 1.29 is 9.53 Å². The lowest BCUT2D eigenvalue weighted by Gasteiger charge is -2.15. The minimum atomic E-state index is -0.188. The Balaban J connectivity index is 1.93. The van der Waals surface area contributed by atoms with Crippen LogP contribution in [0.2, 0.25) is 0 Å². The summed E-state index contributed by atoms with van der Waals surface area (Å²) in [6, 6.07) is 5.58. The van der Waals surface area contributed by atoms with Gasteiger partial charge in [-0.3, -0.25) is 4.79 Å². The number of carbonyl (C=O) groups is 1. The van der Waals surface area contributed by atoms with Gasteiger partial charge in [0, 0.05) is 16.6 Å². The molecule has 0 saturated heterocycles. The Hall–Kier alpha value is -2.60. The van der Waals surface area contributed by atoms with Crippen LogP contribution in [0, 0.1) is 12.3 Å². The third kappa shape index (κ3) is 3.74. The number of carbonyl (C=O) groups excluding carboxylic acids is 1. The molecule has 0 aliphatic heterocycles. The van der Waals surface area contributed by atoms with Crippen LogP contribution in [0.1, 0.15) is 39.2 Å². The molecule has 25 heavy (non-hydrogen) atoms. The van der Waals surface area contributed by atoms with Gasteiger partial charge in [-0.25, -0.2) is 0 Å². The molecular formula is C19H21N3O2S. The van der Waals surface area contributed by atoms with Crippen LogP contribution in [-0.2, 0) is 0 Å². The monoisotopic (exact) mass is 355 g/mol. The summed E-state index contributed by atoms with van der Waals surface area (Å²) in [6.07, 6.45) is 5.59. The molecule has 3 rings (SSSR count). The van der Waals surface area contributed by atoms with Crippen LogP contribution < -0.4 is 15.8 Å². The van der Waals surface area contributed by atoms with Crippen LogP contribution in [0.15, 0.2) is 29.7 Å². The second-order valence-electron chi connectivity index (χ2n) is 6.07. The summed E-state index contributed by atoms with van der Waals surface area (Å²) in [5.41, 5.74) is 8.71. The fourth-order valence-electron chi connectivity index (χ4n) is 2.55. The van der Waals surface area contributed by atoms with Gasteiger partial charge in [0.05, 0.1) is 23.9 Å². The lowest BCUT2D eigenvalue weighted by atomic mass is 10.0. The predicted octanol–water partition coefficient (Wildman–Crippen LogP) is 3.62. The number of nitrogens with two attached hydrogens (primary N) is 1. The number of nitrogens with one attached hydrogen (secondary N) is 2. The van der Waals surface area contributed by atoms with Crippen LogP contribution in [0.4, 0.5) is 5.69 Å². The maximum Gasteiger partial charge on any atom is 0.255 e. The third-order valence-electron chi connectivity index (χ3n) is 4.12. The molecule has 1 aromatic carbocycles. The fourth-order valence-corrected chi connectivity index (χ4v) is 3.37. The van der Waals surface area contributed by atoms with E-state index in [4.69, 9.17) is 15.9 Å². The lowest BCUT2D eigenvalue weighted by molar-refractivity contribution is 0.0948. The smallest absolute Gasteiger partial charge is 0.255 e. The Bertz CT molecular complexity index is 850. The van der Waals surface area contributed by atoms with Gasteiger partial charge < -0.3 is 21.2 Å². The van der Waals surface area contributed by atoms with Gasteiger partial charge in [0.15, 0.2) is 0 Å². The van der Waals surface area contributed by atoms with Crippen molar-refractivity contribution in [2.75, 3.05) is 12.8 Å². The maximum absolute atomic E-state index is 12.4. The first-order valence-electron chi connectivity index (χ1n) is 8.09. The zero-order valence-corrected chi connectivity index (χ0v) is 15.1. The quantitative estimate of drug-likeness (QED) is 0.546. The van der Waals surface area contributed by atoms with Gasteiger partial charge in [0.25, 0.3) is 5.91 Å². The second kappa shape index (κ2) is 7.11. The average Bonchev–Trinajstić information content (AvgIpc) is 3.31. The molecule has 130 valence electrons. The summed E-state index contributed by atoms with van der Waals surface area (Å²) in [5.74, 6) is 0.155. The number of amides is 1. The summed E-state index contributed by atoms with van der Waals surface area (Å²) in [6.45, 7) is 2.03. The van der Waals surface area contributed by atoms with Gasteiger partial charge in [-0.1, -0.05) is 0 Å². The van der Waals surface area contributed by atoms with Gasteiger partial charge in [0.1, 0.15) is 5.75 Å². The third-order valence-corrected chi connectivity index (χ3v) is 5.11. The Morgan fingerprint density at radius 3 is 2.76 bits per heavy atom. The highest BCUT2D eigenvalue weighted by Crippen LogP contribution is 2.31. The molecule has 4 N–H and O–H groups in total. The normalized spacial score (nSPS) is 13.8. The van der Waals surface area contributed by atoms with Crippen LogP contribution in [-0.4, -0.2) is 24.8 Å². The number of thiophene rings is 1. The number of aryl methyl sites for hydroxylation is 1. The van der Waals surface area contributed by atoms with E-state index in [0.29, 0.717) is 22.6 Å².